The number of carbonyl (C=O) groups excluding carboxylic acids is 1. The Bertz CT molecular complexity index is 223. The molecule has 15 heavy (non-hydrogen) atoms. The molecule has 1 amide bonds. The molecule has 1 N–H and O–H groups in total. The Morgan fingerprint density at radius 2 is 2.20 bits per heavy atom. The number of hydrogen-bond donors (Lipinski definition) is 1. The third-order valence-electron chi connectivity index (χ3n) is 2.25. The van der Waals surface area contributed by atoms with E-state index in [1.807, 2.05) is 13.8 Å². The van der Waals surface area contributed by atoms with E-state index in [1.165, 1.54) is 0 Å². The Balaban J connectivity index is 3.77. The number of carbonyl (C=O) groups is 1. The van der Waals surface area contributed by atoms with Crippen LogP contribution in [0.1, 0.15) is 39.5 Å². The third-order valence-corrected chi connectivity index (χ3v) is 2.25. The van der Waals surface area contributed by atoms with Gasteiger partial charge >= 0.3 is 0 Å². The van der Waals surface area contributed by atoms with Gasteiger partial charge < -0.3 is 10.1 Å². The fourth-order valence-electron chi connectivity index (χ4n) is 1.18. The van der Waals surface area contributed by atoms with Crippen LogP contribution in [0.2, 0.25) is 0 Å². The van der Waals surface area contributed by atoms with Crippen molar-refractivity contribution in [1.82, 2.24) is 5.32 Å². The minimum Gasteiger partial charge on any atom is -0.382 e. The average molecular weight is 212 g/mol. The summed E-state index contributed by atoms with van der Waals surface area (Å²) in [4.78, 5) is 11.4. The van der Waals surface area contributed by atoms with E-state index in [4.69, 9.17) is 10.00 Å². The van der Waals surface area contributed by atoms with Crippen molar-refractivity contribution in [2.45, 2.75) is 51.7 Å². The van der Waals surface area contributed by atoms with Crippen molar-refractivity contribution in [3.63, 3.8) is 0 Å². The Labute approximate surface area is 91.6 Å². The lowest BCUT2D eigenvalue weighted by molar-refractivity contribution is -0.122. The predicted octanol–water partition coefficient (Wildman–Crippen LogP) is 1.61. The first-order valence-corrected chi connectivity index (χ1v) is 5.35. The predicted molar refractivity (Wildman–Crippen MR) is 58.2 cm³/mol. The summed E-state index contributed by atoms with van der Waals surface area (Å²) in [5, 5.41) is 11.4. The highest BCUT2D eigenvalue weighted by molar-refractivity contribution is 5.76. The minimum absolute atomic E-state index is 0.0705. The van der Waals surface area contributed by atoms with Crippen molar-refractivity contribution in [1.29, 1.82) is 5.26 Å². The molecule has 0 saturated heterocycles. The molecular formula is C11H20N2O2. The van der Waals surface area contributed by atoms with Crippen molar-refractivity contribution in [3.8, 4) is 6.07 Å². The zero-order valence-electron chi connectivity index (χ0n) is 9.75. The van der Waals surface area contributed by atoms with E-state index in [-0.39, 0.29) is 18.1 Å². The van der Waals surface area contributed by atoms with E-state index in [0.717, 1.165) is 6.42 Å². The highest BCUT2D eigenvalue weighted by atomic mass is 16.5. The van der Waals surface area contributed by atoms with Crippen LogP contribution in [0.25, 0.3) is 0 Å². The van der Waals surface area contributed by atoms with Gasteiger partial charge in [0.05, 0.1) is 12.2 Å². The van der Waals surface area contributed by atoms with Crippen LogP contribution in [0.15, 0.2) is 0 Å². The Morgan fingerprint density at radius 3 is 2.67 bits per heavy atom. The van der Waals surface area contributed by atoms with Crippen molar-refractivity contribution in [2.75, 3.05) is 7.11 Å². The summed E-state index contributed by atoms with van der Waals surface area (Å²) in [6.45, 7) is 3.91. The van der Waals surface area contributed by atoms with Crippen molar-refractivity contribution < 1.29 is 9.53 Å². The molecule has 0 aromatic heterocycles. The fourth-order valence-corrected chi connectivity index (χ4v) is 1.18. The SMILES string of the molecule is CCCC(C#N)NC(=O)CCC(C)OC. The van der Waals surface area contributed by atoms with Gasteiger partial charge in [-0.1, -0.05) is 13.3 Å². The number of nitrogens with one attached hydrogen (secondary N) is 1. The number of nitrogens with zero attached hydrogens (tertiary/aromatic N) is 1. The fraction of sp³-hybridized carbons (Fsp3) is 0.818. The normalized spacial score (nSPS) is 14.0. The summed E-state index contributed by atoms with van der Waals surface area (Å²) in [5.74, 6) is -0.0705. The summed E-state index contributed by atoms with van der Waals surface area (Å²) < 4.78 is 5.03. The molecule has 2 unspecified atom stereocenters. The van der Waals surface area contributed by atoms with Gasteiger partial charge in [0.15, 0.2) is 0 Å². The lowest BCUT2D eigenvalue weighted by atomic mass is 10.1. The first-order valence-electron chi connectivity index (χ1n) is 5.35. The van der Waals surface area contributed by atoms with E-state index in [1.54, 1.807) is 7.11 Å². The van der Waals surface area contributed by atoms with Gasteiger partial charge in [-0.25, -0.2) is 0 Å². The number of rotatable bonds is 7. The highest BCUT2D eigenvalue weighted by Crippen LogP contribution is 2.01. The maximum Gasteiger partial charge on any atom is 0.221 e. The molecule has 0 aromatic carbocycles. The lowest BCUT2D eigenvalue weighted by Crippen LogP contribution is -2.33. The van der Waals surface area contributed by atoms with Crippen LogP contribution in [-0.2, 0) is 9.53 Å². The van der Waals surface area contributed by atoms with Gasteiger partial charge in [-0.2, -0.15) is 5.26 Å². The second kappa shape index (κ2) is 8.25. The molecule has 4 heteroatoms. The van der Waals surface area contributed by atoms with E-state index in [0.29, 0.717) is 19.3 Å². The van der Waals surface area contributed by atoms with Crippen molar-refractivity contribution in [2.24, 2.45) is 0 Å². The van der Waals surface area contributed by atoms with Gasteiger partial charge in [-0.3, -0.25) is 4.79 Å². The van der Waals surface area contributed by atoms with Crippen LogP contribution in [0, 0.1) is 11.3 Å². The first kappa shape index (κ1) is 13.9. The van der Waals surface area contributed by atoms with Crippen molar-refractivity contribution >= 4 is 5.91 Å². The van der Waals surface area contributed by atoms with Crippen LogP contribution in [0.3, 0.4) is 0 Å². The van der Waals surface area contributed by atoms with Crippen LogP contribution in [0.5, 0.6) is 0 Å². The summed E-state index contributed by atoms with van der Waals surface area (Å²) in [6.07, 6.45) is 2.79. The van der Waals surface area contributed by atoms with Gasteiger partial charge in [-0.05, 0) is 19.8 Å². The van der Waals surface area contributed by atoms with Crippen LogP contribution in [-0.4, -0.2) is 25.2 Å². The van der Waals surface area contributed by atoms with E-state index in [2.05, 4.69) is 11.4 Å². The number of hydrogen-bond acceptors (Lipinski definition) is 3. The summed E-state index contributed by atoms with van der Waals surface area (Å²) in [7, 11) is 1.62. The number of nitriles is 1. The van der Waals surface area contributed by atoms with E-state index < -0.39 is 0 Å². The van der Waals surface area contributed by atoms with Crippen molar-refractivity contribution in [3.05, 3.63) is 0 Å². The molecule has 0 aromatic rings. The molecule has 2 atom stereocenters. The topological polar surface area (TPSA) is 62.1 Å². The molecule has 0 heterocycles. The van der Waals surface area contributed by atoms with Gasteiger partial charge in [0.1, 0.15) is 6.04 Å². The molecule has 0 saturated carbocycles. The molecule has 0 aliphatic carbocycles. The zero-order valence-corrected chi connectivity index (χ0v) is 9.75. The quantitative estimate of drug-likeness (QED) is 0.697. The van der Waals surface area contributed by atoms with Crippen LogP contribution >= 0.6 is 0 Å². The second-order valence-electron chi connectivity index (χ2n) is 3.62. The molecule has 86 valence electrons. The molecule has 0 aliphatic rings. The summed E-state index contributed by atoms with van der Waals surface area (Å²) in [5.41, 5.74) is 0. The minimum atomic E-state index is -0.347. The van der Waals surface area contributed by atoms with Crippen LogP contribution in [0.4, 0.5) is 0 Å². The number of ether oxygens (including phenoxy) is 1. The molecule has 0 fully saturated rings. The molecule has 0 aliphatic heterocycles. The molecule has 0 rings (SSSR count). The Kier molecular flexibility index (Phi) is 7.65. The average Bonchev–Trinajstić information content (AvgIpc) is 2.25. The third kappa shape index (κ3) is 6.92. The maximum absolute atomic E-state index is 11.4. The number of methoxy groups -OCH3 is 1. The number of amides is 1. The standard InChI is InChI=1S/C11H20N2O2/c1-4-5-10(8-12)13-11(14)7-6-9(2)15-3/h9-10H,4-7H2,1-3H3,(H,13,14). The molecule has 4 nitrogen and oxygen atoms in total. The molecular weight excluding hydrogens is 192 g/mol. The highest BCUT2D eigenvalue weighted by Gasteiger charge is 2.11. The molecule has 0 radical (unpaired) electrons. The van der Waals surface area contributed by atoms with Crippen LogP contribution < -0.4 is 5.32 Å². The summed E-state index contributed by atoms with van der Waals surface area (Å²) >= 11 is 0. The maximum atomic E-state index is 11.4. The zero-order chi connectivity index (χ0) is 11.7. The largest absolute Gasteiger partial charge is 0.382 e. The lowest BCUT2D eigenvalue weighted by Gasteiger charge is -2.12. The molecule has 0 bridgehead atoms. The van der Waals surface area contributed by atoms with Gasteiger partial charge in [-0.15, -0.1) is 0 Å². The molecule has 0 spiro atoms. The van der Waals surface area contributed by atoms with Gasteiger partial charge in [0.25, 0.3) is 0 Å². The van der Waals surface area contributed by atoms with E-state index in [9.17, 15) is 4.79 Å². The van der Waals surface area contributed by atoms with Gasteiger partial charge in [0, 0.05) is 13.5 Å². The van der Waals surface area contributed by atoms with Gasteiger partial charge in [0.2, 0.25) is 5.91 Å². The summed E-state index contributed by atoms with van der Waals surface area (Å²) in [6, 6.07) is 1.73. The Hall–Kier alpha value is -1.08. The Morgan fingerprint density at radius 1 is 1.53 bits per heavy atom. The monoisotopic (exact) mass is 212 g/mol. The second-order valence-corrected chi connectivity index (χ2v) is 3.62. The smallest absolute Gasteiger partial charge is 0.221 e. The first-order chi connectivity index (χ1) is 7.13. The van der Waals surface area contributed by atoms with E-state index >= 15 is 0 Å².